The molecule has 4 rings (SSSR count). The molecule has 0 saturated carbocycles. The Bertz CT molecular complexity index is 960. The normalized spacial score (nSPS) is 25.0. The van der Waals surface area contributed by atoms with E-state index in [0.29, 0.717) is 32.6 Å². The molecule has 2 N–H and O–H groups in total. The summed E-state index contributed by atoms with van der Waals surface area (Å²) in [7, 11) is -2.91. The zero-order chi connectivity index (χ0) is 19.2. The second kappa shape index (κ2) is 6.92. The number of fused-ring (bicyclic) bond motifs is 1. The molecule has 7 nitrogen and oxygen atoms in total. The minimum atomic E-state index is -2.91. The summed E-state index contributed by atoms with van der Waals surface area (Å²) < 4.78 is 23.5. The van der Waals surface area contributed by atoms with Crippen LogP contribution in [0, 0.1) is 6.92 Å². The number of benzene rings is 1. The van der Waals surface area contributed by atoms with Crippen LogP contribution < -0.4 is 0 Å². The quantitative estimate of drug-likeness (QED) is 0.818. The smallest absolute Gasteiger partial charge is 0.325 e. The Hall–Kier alpha value is -1.90. The number of aromatic nitrogens is 1. The number of carboxylic acids is 1. The molecule has 2 aromatic rings. The Kier molecular flexibility index (Phi) is 4.73. The van der Waals surface area contributed by atoms with Crippen LogP contribution in [-0.2, 0) is 14.6 Å². The highest BCUT2D eigenvalue weighted by Crippen LogP contribution is 2.33. The summed E-state index contributed by atoms with van der Waals surface area (Å²) in [6.07, 6.45) is 0.687. The van der Waals surface area contributed by atoms with Gasteiger partial charge < -0.3 is 10.1 Å². The van der Waals surface area contributed by atoms with Crippen molar-refractivity contribution in [1.82, 2.24) is 14.8 Å². The Morgan fingerprint density at radius 3 is 2.56 bits per heavy atom. The van der Waals surface area contributed by atoms with Crippen LogP contribution in [0.1, 0.15) is 23.7 Å². The number of nitrogens with one attached hydrogen (secondary N) is 1. The summed E-state index contributed by atoms with van der Waals surface area (Å²) >= 11 is 0. The zero-order valence-electron chi connectivity index (χ0n) is 15.4. The topological polar surface area (TPSA) is 93.7 Å². The van der Waals surface area contributed by atoms with Crippen LogP contribution in [0.3, 0.4) is 0 Å². The molecule has 0 spiro atoms. The highest BCUT2D eigenvalue weighted by atomic mass is 32.2. The van der Waals surface area contributed by atoms with Crippen molar-refractivity contribution in [2.75, 3.05) is 37.7 Å². The average Bonchev–Trinajstić information content (AvgIpc) is 3.15. The summed E-state index contributed by atoms with van der Waals surface area (Å²) in [6, 6.07) is 7.17. The number of aliphatic carboxylic acids is 1. The third-order valence-electron chi connectivity index (χ3n) is 5.89. The number of hydrogen-bond acceptors (Lipinski definition) is 5. The van der Waals surface area contributed by atoms with Gasteiger partial charge in [-0.05, 0) is 19.4 Å². The fourth-order valence-corrected chi connectivity index (χ4v) is 6.30. The van der Waals surface area contributed by atoms with E-state index in [0.717, 1.165) is 22.2 Å². The van der Waals surface area contributed by atoms with E-state index >= 15 is 0 Å². The van der Waals surface area contributed by atoms with Gasteiger partial charge in [-0.25, -0.2) is 8.42 Å². The predicted octanol–water partition coefficient (Wildman–Crippen LogP) is 1.41. The van der Waals surface area contributed by atoms with E-state index in [1.54, 1.807) is 0 Å². The van der Waals surface area contributed by atoms with Crippen LogP contribution >= 0.6 is 0 Å². The van der Waals surface area contributed by atoms with E-state index in [9.17, 15) is 18.3 Å². The van der Waals surface area contributed by atoms with Gasteiger partial charge in [0.15, 0.2) is 9.84 Å². The SMILES string of the molecule is Cc1[nH]c2ccccc2c1[C@H](C(=O)O)N1CCN([C@@H]2CCS(=O)(=O)C2)CC1. The summed E-state index contributed by atoms with van der Waals surface area (Å²) in [5.74, 6) is -0.346. The number of carbonyl (C=O) groups is 1. The number of sulfone groups is 1. The van der Waals surface area contributed by atoms with Gasteiger partial charge in [-0.15, -0.1) is 0 Å². The Balaban J connectivity index is 1.54. The molecule has 2 aliphatic heterocycles. The first kappa shape index (κ1) is 18.5. The van der Waals surface area contributed by atoms with Gasteiger partial charge in [0.25, 0.3) is 0 Å². The molecule has 1 aromatic heterocycles. The number of aryl methyl sites for hydroxylation is 1. The monoisotopic (exact) mass is 391 g/mol. The molecular formula is C19H25N3O4S. The molecule has 3 heterocycles. The van der Waals surface area contributed by atoms with Crippen molar-refractivity contribution in [3.63, 3.8) is 0 Å². The van der Waals surface area contributed by atoms with Crippen molar-refractivity contribution in [3.05, 3.63) is 35.5 Å². The van der Waals surface area contributed by atoms with Gasteiger partial charge in [-0.3, -0.25) is 14.6 Å². The van der Waals surface area contributed by atoms with Gasteiger partial charge in [0.05, 0.1) is 11.5 Å². The molecule has 0 aliphatic carbocycles. The Labute approximate surface area is 158 Å². The van der Waals surface area contributed by atoms with Crippen molar-refractivity contribution in [3.8, 4) is 0 Å². The van der Waals surface area contributed by atoms with Crippen molar-refractivity contribution in [1.29, 1.82) is 0 Å². The lowest BCUT2D eigenvalue weighted by atomic mass is 10.0. The van der Waals surface area contributed by atoms with Crippen LogP contribution in [0.2, 0.25) is 0 Å². The largest absolute Gasteiger partial charge is 0.480 e. The first-order valence-electron chi connectivity index (χ1n) is 9.34. The number of rotatable bonds is 4. The Morgan fingerprint density at radius 2 is 1.93 bits per heavy atom. The van der Waals surface area contributed by atoms with Gasteiger partial charge in [0.1, 0.15) is 6.04 Å². The van der Waals surface area contributed by atoms with E-state index < -0.39 is 21.8 Å². The van der Waals surface area contributed by atoms with E-state index in [1.165, 1.54) is 0 Å². The predicted molar refractivity (Wildman–Crippen MR) is 104 cm³/mol. The lowest BCUT2D eigenvalue weighted by molar-refractivity contribution is -0.144. The van der Waals surface area contributed by atoms with Crippen LogP contribution in [-0.4, -0.2) is 78.0 Å². The summed E-state index contributed by atoms with van der Waals surface area (Å²) in [6.45, 7) is 4.56. The van der Waals surface area contributed by atoms with Gasteiger partial charge in [0.2, 0.25) is 0 Å². The number of para-hydroxylation sites is 1. The van der Waals surface area contributed by atoms with Crippen LogP contribution in [0.4, 0.5) is 0 Å². The fraction of sp³-hybridized carbons (Fsp3) is 0.526. The lowest BCUT2D eigenvalue weighted by Gasteiger charge is -2.40. The molecular weight excluding hydrogens is 366 g/mol. The molecule has 1 aromatic carbocycles. The maximum Gasteiger partial charge on any atom is 0.325 e. The molecule has 8 heteroatoms. The minimum Gasteiger partial charge on any atom is -0.480 e. The van der Waals surface area contributed by atoms with Gasteiger partial charge >= 0.3 is 5.97 Å². The number of nitrogens with zero attached hydrogens (tertiary/aromatic N) is 2. The molecule has 0 unspecified atom stereocenters. The highest BCUT2D eigenvalue weighted by molar-refractivity contribution is 7.91. The standard InChI is InChI=1S/C19H25N3O4S/c1-13-17(15-4-2-3-5-16(15)20-13)18(19(23)24)22-9-7-21(8-10-22)14-6-11-27(25,26)12-14/h2-5,14,18,20H,6-12H2,1H3,(H,23,24)/t14-,18-/m1/s1. The summed E-state index contributed by atoms with van der Waals surface area (Å²) in [5, 5.41) is 10.9. The average molecular weight is 391 g/mol. The third-order valence-corrected chi connectivity index (χ3v) is 7.64. The maximum atomic E-state index is 12.2. The molecule has 27 heavy (non-hydrogen) atoms. The molecule has 2 saturated heterocycles. The van der Waals surface area contributed by atoms with Crippen molar-refractivity contribution in [2.24, 2.45) is 0 Å². The molecule has 0 amide bonds. The molecule has 2 fully saturated rings. The molecule has 146 valence electrons. The molecule has 2 aliphatic rings. The Morgan fingerprint density at radius 1 is 1.22 bits per heavy atom. The van der Waals surface area contributed by atoms with E-state index in [1.807, 2.05) is 36.1 Å². The van der Waals surface area contributed by atoms with Gasteiger partial charge in [0, 0.05) is 54.4 Å². The third kappa shape index (κ3) is 3.49. The lowest BCUT2D eigenvalue weighted by Crippen LogP contribution is -2.52. The number of aromatic amines is 1. The first-order chi connectivity index (χ1) is 12.9. The highest BCUT2D eigenvalue weighted by Gasteiger charge is 2.37. The van der Waals surface area contributed by atoms with Crippen molar-refractivity contribution < 1.29 is 18.3 Å². The van der Waals surface area contributed by atoms with Gasteiger partial charge in [-0.2, -0.15) is 0 Å². The zero-order valence-corrected chi connectivity index (χ0v) is 16.2. The second-order valence-electron chi connectivity index (χ2n) is 7.58. The molecule has 2 atom stereocenters. The van der Waals surface area contributed by atoms with Crippen LogP contribution in [0.25, 0.3) is 10.9 Å². The van der Waals surface area contributed by atoms with E-state index in [4.69, 9.17) is 0 Å². The molecule has 0 bridgehead atoms. The number of carboxylic acid groups (broad SMARTS) is 1. The maximum absolute atomic E-state index is 12.2. The van der Waals surface area contributed by atoms with Crippen molar-refractivity contribution >= 4 is 26.7 Å². The van der Waals surface area contributed by atoms with E-state index in [-0.39, 0.29) is 17.5 Å². The molecule has 0 radical (unpaired) electrons. The number of piperazine rings is 1. The van der Waals surface area contributed by atoms with E-state index in [2.05, 4.69) is 9.88 Å². The second-order valence-corrected chi connectivity index (χ2v) is 9.81. The van der Waals surface area contributed by atoms with Gasteiger partial charge in [-0.1, -0.05) is 18.2 Å². The van der Waals surface area contributed by atoms with Crippen LogP contribution in [0.5, 0.6) is 0 Å². The van der Waals surface area contributed by atoms with Crippen LogP contribution in [0.15, 0.2) is 24.3 Å². The van der Waals surface area contributed by atoms with Crippen molar-refractivity contribution in [2.45, 2.75) is 25.4 Å². The summed E-state index contributed by atoms with van der Waals surface area (Å²) in [4.78, 5) is 19.7. The summed E-state index contributed by atoms with van der Waals surface area (Å²) in [5.41, 5.74) is 2.66. The fourth-order valence-electron chi connectivity index (χ4n) is 4.54. The minimum absolute atomic E-state index is 0.0789. The number of H-pyrrole nitrogens is 1. The number of hydrogen-bond donors (Lipinski definition) is 2. The first-order valence-corrected chi connectivity index (χ1v) is 11.2.